The SMILES string of the molecule is CN(CCn1cc(C(=O)O)nn1)C1CCOCC1. The zero-order valence-corrected chi connectivity index (χ0v) is 10.4. The van der Waals surface area contributed by atoms with E-state index < -0.39 is 5.97 Å². The topological polar surface area (TPSA) is 80.5 Å². The summed E-state index contributed by atoms with van der Waals surface area (Å²) in [5.74, 6) is -1.04. The van der Waals surface area contributed by atoms with Crippen molar-refractivity contribution in [3.05, 3.63) is 11.9 Å². The van der Waals surface area contributed by atoms with Crippen LogP contribution in [0.15, 0.2) is 6.20 Å². The van der Waals surface area contributed by atoms with Crippen LogP contribution in [0.25, 0.3) is 0 Å². The molecule has 1 saturated heterocycles. The molecule has 7 heteroatoms. The van der Waals surface area contributed by atoms with E-state index in [0.717, 1.165) is 32.6 Å². The second-order valence-electron chi connectivity index (χ2n) is 4.50. The molecule has 1 fully saturated rings. The lowest BCUT2D eigenvalue weighted by molar-refractivity contribution is 0.0418. The van der Waals surface area contributed by atoms with Gasteiger partial charge in [-0.3, -0.25) is 4.68 Å². The minimum atomic E-state index is -1.04. The maximum atomic E-state index is 10.7. The summed E-state index contributed by atoms with van der Waals surface area (Å²) in [6.07, 6.45) is 3.56. The number of hydrogen-bond acceptors (Lipinski definition) is 5. The van der Waals surface area contributed by atoms with Crippen LogP contribution in [-0.4, -0.2) is 63.8 Å². The minimum absolute atomic E-state index is 0.0104. The fourth-order valence-electron chi connectivity index (χ4n) is 2.07. The first-order chi connectivity index (χ1) is 8.66. The number of likely N-dealkylation sites (N-methyl/N-ethyl adjacent to an activating group) is 1. The van der Waals surface area contributed by atoms with Crippen LogP contribution in [0.5, 0.6) is 0 Å². The van der Waals surface area contributed by atoms with Crippen LogP contribution in [-0.2, 0) is 11.3 Å². The van der Waals surface area contributed by atoms with E-state index in [-0.39, 0.29) is 5.69 Å². The number of aromatic nitrogens is 3. The largest absolute Gasteiger partial charge is 0.476 e. The van der Waals surface area contributed by atoms with Gasteiger partial charge in [0.25, 0.3) is 0 Å². The highest BCUT2D eigenvalue weighted by molar-refractivity contribution is 5.84. The summed E-state index contributed by atoms with van der Waals surface area (Å²) in [5, 5.41) is 16.1. The molecule has 1 aliphatic rings. The van der Waals surface area contributed by atoms with Crippen molar-refractivity contribution in [3.8, 4) is 0 Å². The highest BCUT2D eigenvalue weighted by Crippen LogP contribution is 2.12. The zero-order chi connectivity index (χ0) is 13.0. The first kappa shape index (κ1) is 13.0. The Labute approximate surface area is 105 Å². The van der Waals surface area contributed by atoms with Crippen molar-refractivity contribution < 1.29 is 14.6 Å². The lowest BCUT2D eigenvalue weighted by atomic mass is 10.1. The Balaban J connectivity index is 1.80. The lowest BCUT2D eigenvalue weighted by Gasteiger charge is -2.30. The Kier molecular flexibility index (Phi) is 4.27. The molecule has 0 radical (unpaired) electrons. The molecule has 2 rings (SSSR count). The Bertz CT molecular complexity index is 401. The molecular formula is C11H18N4O3. The number of hydrogen-bond donors (Lipinski definition) is 1. The maximum Gasteiger partial charge on any atom is 0.358 e. The standard InChI is InChI=1S/C11H18N4O3/c1-14(9-2-6-18-7-3-9)4-5-15-8-10(11(16)17)12-13-15/h8-9H,2-7H2,1H3,(H,16,17). The molecule has 7 nitrogen and oxygen atoms in total. The Morgan fingerprint density at radius 3 is 2.94 bits per heavy atom. The van der Waals surface area contributed by atoms with Crippen molar-refractivity contribution in [3.63, 3.8) is 0 Å². The van der Waals surface area contributed by atoms with Crippen LogP contribution < -0.4 is 0 Å². The Morgan fingerprint density at radius 1 is 1.61 bits per heavy atom. The van der Waals surface area contributed by atoms with Crippen molar-refractivity contribution in [1.82, 2.24) is 19.9 Å². The maximum absolute atomic E-state index is 10.7. The average molecular weight is 254 g/mol. The molecule has 1 aromatic heterocycles. The third kappa shape index (κ3) is 3.27. The van der Waals surface area contributed by atoms with Gasteiger partial charge in [0.1, 0.15) is 0 Å². The van der Waals surface area contributed by atoms with Gasteiger partial charge >= 0.3 is 5.97 Å². The van der Waals surface area contributed by atoms with E-state index in [4.69, 9.17) is 9.84 Å². The number of carboxylic acids is 1. The van der Waals surface area contributed by atoms with Gasteiger partial charge in [0.05, 0.1) is 12.7 Å². The van der Waals surface area contributed by atoms with E-state index in [1.165, 1.54) is 6.20 Å². The van der Waals surface area contributed by atoms with Crippen LogP contribution in [0.1, 0.15) is 23.3 Å². The summed E-state index contributed by atoms with van der Waals surface area (Å²) >= 11 is 0. The highest BCUT2D eigenvalue weighted by atomic mass is 16.5. The monoisotopic (exact) mass is 254 g/mol. The van der Waals surface area contributed by atoms with Crippen molar-refractivity contribution in [2.24, 2.45) is 0 Å². The van der Waals surface area contributed by atoms with E-state index in [9.17, 15) is 4.79 Å². The van der Waals surface area contributed by atoms with Crippen LogP contribution in [0, 0.1) is 0 Å². The molecule has 0 bridgehead atoms. The number of ether oxygens (including phenoxy) is 1. The summed E-state index contributed by atoms with van der Waals surface area (Å²) in [6, 6.07) is 0.543. The van der Waals surface area contributed by atoms with Crippen molar-refractivity contribution in [2.45, 2.75) is 25.4 Å². The van der Waals surface area contributed by atoms with Gasteiger partial charge in [0.15, 0.2) is 5.69 Å². The van der Waals surface area contributed by atoms with Gasteiger partial charge in [-0.25, -0.2) is 4.79 Å². The number of carbonyl (C=O) groups is 1. The van der Waals surface area contributed by atoms with E-state index in [1.54, 1.807) is 4.68 Å². The molecule has 0 amide bonds. The van der Waals surface area contributed by atoms with Crippen molar-refractivity contribution >= 4 is 5.97 Å². The van der Waals surface area contributed by atoms with E-state index >= 15 is 0 Å². The van der Waals surface area contributed by atoms with Crippen LogP contribution in [0.3, 0.4) is 0 Å². The Hall–Kier alpha value is -1.47. The van der Waals surface area contributed by atoms with E-state index in [2.05, 4.69) is 22.3 Å². The molecule has 1 aromatic rings. The molecule has 18 heavy (non-hydrogen) atoms. The summed E-state index contributed by atoms with van der Waals surface area (Å²) in [6.45, 7) is 3.12. The number of nitrogens with zero attached hydrogens (tertiary/aromatic N) is 4. The zero-order valence-electron chi connectivity index (χ0n) is 10.4. The molecule has 1 N–H and O–H groups in total. The summed E-state index contributed by atoms with van der Waals surface area (Å²) in [7, 11) is 2.07. The van der Waals surface area contributed by atoms with Crippen LogP contribution in [0.2, 0.25) is 0 Å². The lowest BCUT2D eigenvalue weighted by Crippen LogP contribution is -2.38. The van der Waals surface area contributed by atoms with Gasteiger partial charge in [0, 0.05) is 25.8 Å². The molecular weight excluding hydrogens is 236 g/mol. The quantitative estimate of drug-likeness (QED) is 0.802. The first-order valence-corrected chi connectivity index (χ1v) is 6.08. The van der Waals surface area contributed by atoms with E-state index in [0.29, 0.717) is 12.6 Å². The van der Waals surface area contributed by atoms with Crippen LogP contribution in [0.4, 0.5) is 0 Å². The first-order valence-electron chi connectivity index (χ1n) is 6.08. The van der Waals surface area contributed by atoms with Gasteiger partial charge in [-0.1, -0.05) is 5.21 Å². The van der Waals surface area contributed by atoms with Gasteiger partial charge in [-0.15, -0.1) is 5.10 Å². The number of aromatic carboxylic acids is 1. The van der Waals surface area contributed by atoms with Crippen molar-refractivity contribution in [2.75, 3.05) is 26.8 Å². The fourth-order valence-corrected chi connectivity index (χ4v) is 2.07. The summed E-state index contributed by atoms with van der Waals surface area (Å²) in [5.41, 5.74) is -0.0104. The molecule has 0 spiro atoms. The smallest absolute Gasteiger partial charge is 0.358 e. The van der Waals surface area contributed by atoms with Crippen molar-refractivity contribution in [1.29, 1.82) is 0 Å². The van der Waals surface area contributed by atoms with Crippen LogP contribution >= 0.6 is 0 Å². The number of rotatable bonds is 5. The number of carboxylic acid groups (broad SMARTS) is 1. The molecule has 0 unspecified atom stereocenters. The second-order valence-corrected chi connectivity index (χ2v) is 4.50. The molecule has 0 aromatic carbocycles. The van der Waals surface area contributed by atoms with Gasteiger partial charge < -0.3 is 14.7 Å². The Morgan fingerprint density at radius 2 is 2.33 bits per heavy atom. The third-order valence-electron chi connectivity index (χ3n) is 3.25. The molecule has 0 saturated carbocycles. The molecule has 2 heterocycles. The third-order valence-corrected chi connectivity index (χ3v) is 3.25. The molecule has 0 atom stereocenters. The summed E-state index contributed by atoms with van der Waals surface area (Å²) in [4.78, 5) is 12.9. The molecule has 100 valence electrons. The normalized spacial score (nSPS) is 17.2. The summed E-state index contributed by atoms with van der Waals surface area (Å²) < 4.78 is 6.89. The fraction of sp³-hybridized carbons (Fsp3) is 0.727. The second kappa shape index (κ2) is 5.92. The minimum Gasteiger partial charge on any atom is -0.476 e. The van der Waals surface area contributed by atoms with Gasteiger partial charge in [-0.2, -0.15) is 0 Å². The molecule has 0 aliphatic carbocycles. The predicted molar refractivity (Wildman–Crippen MR) is 63.5 cm³/mol. The van der Waals surface area contributed by atoms with Gasteiger partial charge in [0.2, 0.25) is 0 Å². The van der Waals surface area contributed by atoms with Gasteiger partial charge in [-0.05, 0) is 19.9 Å². The highest BCUT2D eigenvalue weighted by Gasteiger charge is 2.18. The average Bonchev–Trinajstić information content (AvgIpc) is 2.86. The molecule has 1 aliphatic heterocycles. The predicted octanol–water partition coefficient (Wildman–Crippen LogP) is 0.0871. The van der Waals surface area contributed by atoms with E-state index in [1.807, 2.05) is 0 Å².